The Hall–Kier alpha value is -2.88. The average Bonchev–Trinajstić information content (AvgIpc) is 3.18. The van der Waals surface area contributed by atoms with Crippen molar-refractivity contribution in [3.05, 3.63) is 64.0 Å². The van der Waals surface area contributed by atoms with Crippen molar-refractivity contribution in [3.8, 4) is 28.8 Å². The number of aromatic nitrogens is 1. The molecule has 0 saturated carbocycles. The van der Waals surface area contributed by atoms with E-state index in [9.17, 15) is 0 Å². The van der Waals surface area contributed by atoms with E-state index in [1.807, 2.05) is 30.3 Å². The summed E-state index contributed by atoms with van der Waals surface area (Å²) in [6.07, 6.45) is 4.76. The second-order valence-corrected chi connectivity index (χ2v) is 10.3. The normalized spacial score (nSPS) is 11.9. The number of rotatable bonds is 13. The van der Waals surface area contributed by atoms with Gasteiger partial charge in [0.15, 0.2) is 0 Å². The molecule has 1 heterocycles. The van der Waals surface area contributed by atoms with E-state index in [0.717, 1.165) is 54.1 Å². The molecule has 3 rings (SSSR count). The lowest BCUT2D eigenvalue weighted by atomic mass is 10.00. The molecule has 0 fully saturated rings. The molecular weight excluding hydrogens is 442 g/mol. The Morgan fingerprint density at radius 1 is 1.00 bits per heavy atom. The van der Waals surface area contributed by atoms with Crippen LogP contribution in [0.25, 0.3) is 11.3 Å². The predicted molar refractivity (Wildman–Crippen MR) is 139 cm³/mol. The van der Waals surface area contributed by atoms with Crippen LogP contribution in [0.1, 0.15) is 55.0 Å². The van der Waals surface area contributed by atoms with E-state index in [-0.39, 0.29) is 6.04 Å². The first-order valence-electron chi connectivity index (χ1n) is 12.0. The van der Waals surface area contributed by atoms with E-state index < -0.39 is 0 Å². The molecule has 0 radical (unpaired) electrons. The van der Waals surface area contributed by atoms with Crippen molar-refractivity contribution < 1.29 is 9.47 Å². The van der Waals surface area contributed by atoms with Crippen molar-refractivity contribution in [2.75, 3.05) is 13.2 Å². The Morgan fingerprint density at radius 2 is 1.71 bits per heavy atom. The van der Waals surface area contributed by atoms with Crippen LogP contribution < -0.4 is 15.2 Å². The molecule has 1 aromatic heterocycles. The Bertz CT molecular complexity index is 1070. The van der Waals surface area contributed by atoms with Crippen LogP contribution in [0.5, 0.6) is 11.5 Å². The fourth-order valence-electron chi connectivity index (χ4n) is 3.91. The van der Waals surface area contributed by atoms with E-state index >= 15 is 0 Å². The summed E-state index contributed by atoms with van der Waals surface area (Å²) in [5.74, 6) is 2.12. The Balaban J connectivity index is 1.42. The van der Waals surface area contributed by atoms with E-state index in [0.29, 0.717) is 30.4 Å². The molecule has 34 heavy (non-hydrogen) atoms. The van der Waals surface area contributed by atoms with Gasteiger partial charge in [0.1, 0.15) is 17.6 Å². The van der Waals surface area contributed by atoms with Crippen LogP contribution in [-0.2, 0) is 6.42 Å². The number of nitrogens with zero attached hydrogens (tertiary/aromatic N) is 2. The lowest BCUT2D eigenvalue weighted by Crippen LogP contribution is -2.24. The number of para-hydroxylation sites is 1. The Morgan fingerprint density at radius 3 is 2.41 bits per heavy atom. The van der Waals surface area contributed by atoms with Crippen molar-refractivity contribution in [2.24, 2.45) is 11.7 Å². The number of nitriles is 1. The molecule has 6 heteroatoms. The SMILES string of the molecule is Cc1nc(-c2ccc(OCCCCCOc3ccccc3C#N)cc2)c(CC(N)CC(C)C)s1. The zero-order valence-electron chi connectivity index (χ0n) is 20.4. The summed E-state index contributed by atoms with van der Waals surface area (Å²) in [6, 6.07) is 17.8. The highest BCUT2D eigenvalue weighted by Gasteiger charge is 2.15. The van der Waals surface area contributed by atoms with Gasteiger partial charge in [-0.05, 0) is 81.3 Å². The molecule has 3 aromatic rings. The molecule has 0 aliphatic carbocycles. The summed E-state index contributed by atoms with van der Waals surface area (Å²) in [5.41, 5.74) is 9.10. The second kappa shape index (κ2) is 13.1. The maximum Gasteiger partial charge on any atom is 0.137 e. The van der Waals surface area contributed by atoms with Crippen LogP contribution >= 0.6 is 11.3 Å². The molecule has 0 spiro atoms. The maximum atomic E-state index is 9.10. The molecule has 2 aromatic carbocycles. The molecule has 0 amide bonds. The summed E-state index contributed by atoms with van der Waals surface area (Å²) in [4.78, 5) is 6.03. The molecule has 0 saturated heterocycles. The highest BCUT2D eigenvalue weighted by molar-refractivity contribution is 7.12. The largest absolute Gasteiger partial charge is 0.494 e. The molecule has 1 atom stereocenters. The molecule has 2 N–H and O–H groups in total. The van der Waals surface area contributed by atoms with Gasteiger partial charge in [-0.15, -0.1) is 11.3 Å². The monoisotopic (exact) mass is 477 g/mol. The van der Waals surface area contributed by atoms with Crippen molar-refractivity contribution in [1.29, 1.82) is 5.26 Å². The zero-order chi connectivity index (χ0) is 24.3. The fourth-order valence-corrected chi connectivity index (χ4v) is 4.96. The standard InChI is InChI=1S/C28H35N3O2S/c1-20(2)17-24(30)18-27-28(31-21(3)34-27)22-11-13-25(14-12-22)32-15-7-4-8-16-33-26-10-6-5-9-23(26)19-29/h5-6,9-14,20,24H,4,7-8,15-18,30H2,1-3H3. The predicted octanol–water partition coefficient (Wildman–Crippen LogP) is 6.53. The van der Waals surface area contributed by atoms with Gasteiger partial charge in [0.25, 0.3) is 0 Å². The number of hydrogen-bond acceptors (Lipinski definition) is 6. The Labute approximate surface area is 207 Å². The first-order valence-corrected chi connectivity index (χ1v) is 12.8. The third-order valence-electron chi connectivity index (χ3n) is 5.48. The van der Waals surface area contributed by atoms with Gasteiger partial charge in [0, 0.05) is 16.5 Å². The lowest BCUT2D eigenvalue weighted by molar-refractivity contribution is 0.279. The average molecular weight is 478 g/mol. The number of unbranched alkanes of at least 4 members (excludes halogenated alkanes) is 2. The van der Waals surface area contributed by atoms with Crippen molar-refractivity contribution in [2.45, 2.75) is 58.9 Å². The van der Waals surface area contributed by atoms with Gasteiger partial charge < -0.3 is 15.2 Å². The molecule has 5 nitrogen and oxygen atoms in total. The Kier molecular flexibility index (Phi) is 9.93. The summed E-state index contributed by atoms with van der Waals surface area (Å²) in [6.45, 7) is 7.74. The van der Waals surface area contributed by atoms with Gasteiger partial charge in [-0.25, -0.2) is 4.98 Å². The number of benzene rings is 2. The summed E-state index contributed by atoms with van der Waals surface area (Å²) in [5, 5.41) is 10.2. The van der Waals surface area contributed by atoms with Crippen LogP contribution in [0.3, 0.4) is 0 Å². The third-order valence-corrected chi connectivity index (χ3v) is 6.47. The van der Waals surface area contributed by atoms with E-state index in [1.54, 1.807) is 17.4 Å². The fraction of sp³-hybridized carbons (Fsp3) is 0.429. The van der Waals surface area contributed by atoms with E-state index in [4.69, 9.17) is 25.5 Å². The number of ether oxygens (including phenoxy) is 2. The summed E-state index contributed by atoms with van der Waals surface area (Å²) in [7, 11) is 0. The summed E-state index contributed by atoms with van der Waals surface area (Å²) >= 11 is 1.74. The maximum absolute atomic E-state index is 9.10. The molecule has 0 aliphatic rings. The van der Waals surface area contributed by atoms with E-state index in [1.165, 1.54) is 4.88 Å². The minimum absolute atomic E-state index is 0.160. The number of aryl methyl sites for hydroxylation is 1. The molecule has 0 aliphatic heterocycles. The van der Waals surface area contributed by atoms with Crippen LogP contribution in [-0.4, -0.2) is 24.2 Å². The minimum Gasteiger partial charge on any atom is -0.494 e. The van der Waals surface area contributed by atoms with Gasteiger partial charge >= 0.3 is 0 Å². The highest BCUT2D eigenvalue weighted by Crippen LogP contribution is 2.31. The van der Waals surface area contributed by atoms with Crippen LogP contribution in [0.4, 0.5) is 0 Å². The smallest absolute Gasteiger partial charge is 0.137 e. The van der Waals surface area contributed by atoms with Gasteiger partial charge in [0.2, 0.25) is 0 Å². The van der Waals surface area contributed by atoms with Gasteiger partial charge in [-0.2, -0.15) is 5.26 Å². The zero-order valence-corrected chi connectivity index (χ0v) is 21.2. The van der Waals surface area contributed by atoms with Crippen molar-refractivity contribution in [1.82, 2.24) is 4.98 Å². The minimum atomic E-state index is 0.160. The molecule has 0 bridgehead atoms. The molecule has 1 unspecified atom stereocenters. The van der Waals surface area contributed by atoms with Crippen LogP contribution in [0.2, 0.25) is 0 Å². The lowest BCUT2D eigenvalue weighted by Gasteiger charge is -2.14. The first-order chi connectivity index (χ1) is 16.5. The third kappa shape index (κ3) is 7.86. The topological polar surface area (TPSA) is 81.2 Å². The second-order valence-electron chi connectivity index (χ2n) is 8.99. The first kappa shape index (κ1) is 25.7. The van der Waals surface area contributed by atoms with Gasteiger partial charge in [-0.1, -0.05) is 26.0 Å². The van der Waals surface area contributed by atoms with Crippen molar-refractivity contribution >= 4 is 11.3 Å². The van der Waals surface area contributed by atoms with Crippen LogP contribution in [0.15, 0.2) is 48.5 Å². The number of thiazole rings is 1. The number of nitrogens with two attached hydrogens (primary N) is 1. The van der Waals surface area contributed by atoms with Crippen LogP contribution in [0, 0.1) is 24.2 Å². The number of hydrogen-bond donors (Lipinski definition) is 1. The molecular formula is C28H35N3O2S. The summed E-state index contributed by atoms with van der Waals surface area (Å²) < 4.78 is 11.6. The highest BCUT2D eigenvalue weighted by atomic mass is 32.1. The quantitative estimate of drug-likeness (QED) is 0.283. The van der Waals surface area contributed by atoms with Gasteiger partial charge in [-0.3, -0.25) is 0 Å². The van der Waals surface area contributed by atoms with E-state index in [2.05, 4.69) is 39.0 Å². The molecule has 180 valence electrons. The van der Waals surface area contributed by atoms with Crippen molar-refractivity contribution in [3.63, 3.8) is 0 Å². The van der Waals surface area contributed by atoms with Gasteiger partial charge in [0.05, 0.1) is 29.5 Å².